The third kappa shape index (κ3) is 6.45. The molecule has 1 rings (SSSR count). The predicted molar refractivity (Wildman–Crippen MR) is 80.1 cm³/mol. The van der Waals surface area contributed by atoms with Crippen LogP contribution in [-0.2, 0) is 11.2 Å². The van der Waals surface area contributed by atoms with Gasteiger partial charge in [-0.2, -0.15) is 0 Å². The van der Waals surface area contributed by atoms with Crippen LogP contribution in [0.25, 0.3) is 0 Å². The van der Waals surface area contributed by atoms with Gasteiger partial charge in [-0.05, 0) is 31.2 Å². The van der Waals surface area contributed by atoms with E-state index in [0.29, 0.717) is 6.42 Å². The van der Waals surface area contributed by atoms with Gasteiger partial charge in [0.15, 0.2) is 0 Å². The molecule has 0 bridgehead atoms. The Hall–Kier alpha value is -1.26. The van der Waals surface area contributed by atoms with E-state index in [2.05, 4.69) is 5.32 Å². The molecule has 1 aromatic carbocycles. The van der Waals surface area contributed by atoms with Crippen molar-refractivity contribution in [1.29, 1.82) is 0 Å². The second kappa shape index (κ2) is 9.64. The predicted octanol–water partition coefficient (Wildman–Crippen LogP) is 1.73. The quantitative estimate of drug-likeness (QED) is 0.830. The molecule has 5 heteroatoms. The number of rotatable bonds is 7. The summed E-state index contributed by atoms with van der Waals surface area (Å²) in [5.74, 6) is 1.03. The van der Waals surface area contributed by atoms with E-state index in [1.165, 1.54) is 0 Å². The fraction of sp³-hybridized carbons (Fsp3) is 0.500. The van der Waals surface area contributed by atoms with Crippen LogP contribution in [0, 0.1) is 0 Å². The fourth-order valence-corrected chi connectivity index (χ4v) is 1.64. The summed E-state index contributed by atoms with van der Waals surface area (Å²) in [4.78, 5) is 13.6. The molecular formula is C14H23ClN2O2. The van der Waals surface area contributed by atoms with Crippen molar-refractivity contribution < 1.29 is 9.53 Å². The highest BCUT2D eigenvalue weighted by Crippen LogP contribution is 2.12. The average molecular weight is 287 g/mol. The Labute approximate surface area is 121 Å². The molecule has 0 unspecified atom stereocenters. The van der Waals surface area contributed by atoms with Crippen LogP contribution in [0.4, 0.5) is 0 Å². The zero-order valence-corrected chi connectivity index (χ0v) is 12.6. The van der Waals surface area contributed by atoms with E-state index < -0.39 is 0 Å². The molecule has 0 aliphatic heterocycles. The van der Waals surface area contributed by atoms with Crippen LogP contribution in [0.3, 0.4) is 0 Å². The van der Waals surface area contributed by atoms with Crippen molar-refractivity contribution in [3.05, 3.63) is 29.8 Å². The topological polar surface area (TPSA) is 41.6 Å². The van der Waals surface area contributed by atoms with E-state index in [4.69, 9.17) is 4.74 Å². The molecule has 0 aliphatic rings. The summed E-state index contributed by atoms with van der Waals surface area (Å²) in [6.45, 7) is 1.57. The molecular weight excluding hydrogens is 264 g/mol. The van der Waals surface area contributed by atoms with Gasteiger partial charge in [0.05, 0.1) is 7.11 Å². The number of methoxy groups -OCH3 is 1. The third-order valence-electron chi connectivity index (χ3n) is 2.91. The van der Waals surface area contributed by atoms with Crippen LogP contribution in [0.2, 0.25) is 0 Å². The van der Waals surface area contributed by atoms with Crippen LogP contribution in [0.1, 0.15) is 12.0 Å². The van der Waals surface area contributed by atoms with Crippen molar-refractivity contribution >= 4 is 18.3 Å². The van der Waals surface area contributed by atoms with Crippen molar-refractivity contribution in [2.24, 2.45) is 0 Å². The van der Waals surface area contributed by atoms with Gasteiger partial charge in [0, 0.05) is 26.6 Å². The van der Waals surface area contributed by atoms with E-state index in [1.54, 1.807) is 12.0 Å². The lowest BCUT2D eigenvalue weighted by Crippen LogP contribution is -2.32. The maximum Gasteiger partial charge on any atom is 0.222 e. The molecule has 0 fully saturated rings. The van der Waals surface area contributed by atoms with E-state index in [1.807, 2.05) is 38.4 Å². The molecule has 0 saturated carbocycles. The zero-order chi connectivity index (χ0) is 13.4. The van der Waals surface area contributed by atoms with E-state index in [-0.39, 0.29) is 18.3 Å². The van der Waals surface area contributed by atoms with Crippen molar-refractivity contribution in [2.75, 3.05) is 34.3 Å². The van der Waals surface area contributed by atoms with Gasteiger partial charge in [0.1, 0.15) is 5.75 Å². The lowest BCUT2D eigenvalue weighted by atomic mass is 10.1. The van der Waals surface area contributed by atoms with Gasteiger partial charge >= 0.3 is 0 Å². The van der Waals surface area contributed by atoms with Gasteiger partial charge in [-0.25, -0.2) is 0 Å². The largest absolute Gasteiger partial charge is 0.497 e. The second-order valence-corrected chi connectivity index (χ2v) is 4.27. The highest BCUT2D eigenvalue weighted by atomic mass is 35.5. The molecule has 1 aromatic rings. The minimum absolute atomic E-state index is 0. The molecule has 108 valence electrons. The first-order valence-electron chi connectivity index (χ1n) is 6.19. The summed E-state index contributed by atoms with van der Waals surface area (Å²) >= 11 is 0. The highest BCUT2D eigenvalue weighted by Gasteiger charge is 2.07. The number of carbonyl (C=O) groups excluding carboxylic acids is 1. The average Bonchev–Trinajstić information content (AvgIpc) is 2.42. The summed E-state index contributed by atoms with van der Waals surface area (Å²) < 4.78 is 5.10. The Morgan fingerprint density at radius 3 is 2.47 bits per heavy atom. The number of aryl methyl sites for hydroxylation is 1. The normalized spacial score (nSPS) is 9.63. The molecule has 0 aromatic heterocycles. The van der Waals surface area contributed by atoms with Gasteiger partial charge in [-0.15, -0.1) is 12.4 Å². The highest BCUT2D eigenvalue weighted by molar-refractivity contribution is 5.85. The summed E-state index contributed by atoms with van der Waals surface area (Å²) in [6.07, 6.45) is 1.32. The summed E-state index contributed by atoms with van der Waals surface area (Å²) in [7, 11) is 5.37. The zero-order valence-electron chi connectivity index (χ0n) is 11.8. The molecule has 1 amide bonds. The maximum atomic E-state index is 11.8. The van der Waals surface area contributed by atoms with Crippen molar-refractivity contribution in [2.45, 2.75) is 12.8 Å². The molecule has 1 N–H and O–H groups in total. The van der Waals surface area contributed by atoms with Crippen LogP contribution in [-0.4, -0.2) is 45.1 Å². The Bertz CT molecular complexity index is 368. The summed E-state index contributed by atoms with van der Waals surface area (Å²) in [5, 5.41) is 3.03. The first-order chi connectivity index (χ1) is 8.67. The van der Waals surface area contributed by atoms with Crippen molar-refractivity contribution in [1.82, 2.24) is 10.2 Å². The number of nitrogens with one attached hydrogen (secondary N) is 1. The Morgan fingerprint density at radius 1 is 1.32 bits per heavy atom. The number of nitrogens with zero attached hydrogens (tertiary/aromatic N) is 1. The second-order valence-electron chi connectivity index (χ2n) is 4.27. The molecule has 0 spiro atoms. The molecule has 0 saturated heterocycles. The van der Waals surface area contributed by atoms with Crippen LogP contribution in [0.5, 0.6) is 5.75 Å². The lowest BCUT2D eigenvalue weighted by Gasteiger charge is -2.16. The molecule has 4 nitrogen and oxygen atoms in total. The minimum atomic E-state index is 0. The number of ether oxygens (including phenoxy) is 1. The van der Waals surface area contributed by atoms with Crippen LogP contribution in [0.15, 0.2) is 24.3 Å². The smallest absolute Gasteiger partial charge is 0.222 e. The van der Waals surface area contributed by atoms with E-state index in [0.717, 1.165) is 30.8 Å². The third-order valence-corrected chi connectivity index (χ3v) is 2.91. The van der Waals surface area contributed by atoms with Gasteiger partial charge in [0.25, 0.3) is 0 Å². The standard InChI is InChI=1S/C14H22N2O2.ClH/c1-15-10-11-16(2)14(17)9-6-12-4-7-13(18-3)8-5-12;/h4-5,7-8,15H,6,9-11H2,1-3H3;1H. The first kappa shape index (κ1) is 17.7. The summed E-state index contributed by atoms with van der Waals surface area (Å²) in [5.41, 5.74) is 1.16. The van der Waals surface area contributed by atoms with Gasteiger partial charge in [-0.3, -0.25) is 4.79 Å². The summed E-state index contributed by atoms with van der Waals surface area (Å²) in [6, 6.07) is 7.84. The fourth-order valence-electron chi connectivity index (χ4n) is 1.64. The van der Waals surface area contributed by atoms with Gasteiger partial charge in [-0.1, -0.05) is 12.1 Å². The van der Waals surface area contributed by atoms with Crippen molar-refractivity contribution in [3.63, 3.8) is 0 Å². The number of benzene rings is 1. The van der Waals surface area contributed by atoms with Crippen molar-refractivity contribution in [3.8, 4) is 5.75 Å². The lowest BCUT2D eigenvalue weighted by molar-refractivity contribution is -0.129. The Morgan fingerprint density at radius 2 is 1.95 bits per heavy atom. The van der Waals surface area contributed by atoms with E-state index >= 15 is 0 Å². The number of amides is 1. The van der Waals surface area contributed by atoms with Gasteiger partial charge in [0.2, 0.25) is 5.91 Å². The Balaban J connectivity index is 0.00000324. The number of carbonyl (C=O) groups is 1. The minimum Gasteiger partial charge on any atom is -0.497 e. The number of halogens is 1. The SMILES string of the molecule is CNCCN(C)C(=O)CCc1ccc(OC)cc1.Cl. The Kier molecular flexibility index (Phi) is 9.00. The van der Waals surface area contributed by atoms with E-state index in [9.17, 15) is 4.79 Å². The maximum absolute atomic E-state index is 11.8. The molecule has 0 heterocycles. The molecule has 0 atom stereocenters. The van der Waals surface area contributed by atoms with Crippen LogP contribution >= 0.6 is 12.4 Å². The number of hydrogen-bond acceptors (Lipinski definition) is 3. The van der Waals surface area contributed by atoms with Crippen LogP contribution < -0.4 is 10.1 Å². The monoisotopic (exact) mass is 286 g/mol. The van der Waals surface area contributed by atoms with Gasteiger partial charge < -0.3 is 15.0 Å². The number of likely N-dealkylation sites (N-methyl/N-ethyl adjacent to an activating group) is 2. The first-order valence-corrected chi connectivity index (χ1v) is 6.19. The molecule has 0 aliphatic carbocycles. The molecule has 0 radical (unpaired) electrons. The molecule has 19 heavy (non-hydrogen) atoms. The number of hydrogen-bond donors (Lipinski definition) is 1.